The maximum Gasteiger partial charge on any atom is 0.316 e. The minimum atomic E-state index is -0.543. The van der Waals surface area contributed by atoms with E-state index in [9.17, 15) is 9.59 Å². The van der Waals surface area contributed by atoms with E-state index >= 15 is 0 Å². The fourth-order valence-corrected chi connectivity index (χ4v) is 2.84. The SMILES string of the molecule is COc1ccccc1N1C[C@@H](C(=O)Oc2ccccc2Cl)CC1=O. The van der Waals surface area contributed by atoms with Crippen molar-refractivity contribution >= 4 is 29.2 Å². The van der Waals surface area contributed by atoms with Gasteiger partial charge in [0.05, 0.1) is 23.7 Å². The number of halogens is 1. The summed E-state index contributed by atoms with van der Waals surface area (Å²) in [6.07, 6.45) is 0.0985. The van der Waals surface area contributed by atoms with Gasteiger partial charge in [-0.15, -0.1) is 0 Å². The van der Waals surface area contributed by atoms with Crippen LogP contribution in [0.4, 0.5) is 5.69 Å². The van der Waals surface area contributed by atoms with E-state index in [-0.39, 0.29) is 18.9 Å². The molecular formula is C18H16ClNO4. The van der Waals surface area contributed by atoms with Crippen LogP contribution in [0.1, 0.15) is 6.42 Å². The minimum absolute atomic E-state index is 0.0985. The number of rotatable bonds is 4. The third-order valence-electron chi connectivity index (χ3n) is 3.88. The fourth-order valence-electron chi connectivity index (χ4n) is 2.67. The Hall–Kier alpha value is -2.53. The molecule has 0 unspecified atom stereocenters. The van der Waals surface area contributed by atoms with Gasteiger partial charge in [0.15, 0.2) is 0 Å². The van der Waals surface area contributed by atoms with Gasteiger partial charge in [0.1, 0.15) is 11.5 Å². The topological polar surface area (TPSA) is 55.8 Å². The molecule has 0 spiro atoms. The van der Waals surface area contributed by atoms with Crippen LogP contribution in [0.3, 0.4) is 0 Å². The first kappa shape index (κ1) is 16.3. The number of para-hydroxylation sites is 3. The largest absolute Gasteiger partial charge is 0.495 e. The van der Waals surface area contributed by atoms with Gasteiger partial charge in [-0.05, 0) is 24.3 Å². The lowest BCUT2D eigenvalue weighted by molar-refractivity contribution is -0.139. The quantitative estimate of drug-likeness (QED) is 0.630. The van der Waals surface area contributed by atoms with E-state index in [1.165, 1.54) is 0 Å². The lowest BCUT2D eigenvalue weighted by Crippen LogP contribution is -2.27. The summed E-state index contributed by atoms with van der Waals surface area (Å²) in [4.78, 5) is 26.2. The summed E-state index contributed by atoms with van der Waals surface area (Å²) in [5, 5.41) is 0.358. The molecule has 1 saturated heterocycles. The highest BCUT2D eigenvalue weighted by molar-refractivity contribution is 6.32. The molecule has 0 bridgehead atoms. The number of ether oxygens (including phenoxy) is 2. The summed E-state index contributed by atoms with van der Waals surface area (Å²) in [7, 11) is 1.54. The molecule has 0 aromatic heterocycles. The van der Waals surface area contributed by atoms with Crippen molar-refractivity contribution in [2.24, 2.45) is 5.92 Å². The van der Waals surface area contributed by atoms with E-state index in [1.54, 1.807) is 48.4 Å². The van der Waals surface area contributed by atoms with E-state index in [1.807, 2.05) is 12.1 Å². The van der Waals surface area contributed by atoms with Crippen LogP contribution >= 0.6 is 11.6 Å². The zero-order valence-electron chi connectivity index (χ0n) is 13.1. The standard InChI is InChI=1S/C18H16ClNO4/c1-23-16-9-5-3-7-14(16)20-11-12(10-17(20)21)18(22)24-15-8-4-2-6-13(15)19/h2-9,12H,10-11H2,1H3/t12-/m0/s1. The number of anilines is 1. The molecular weight excluding hydrogens is 330 g/mol. The maximum absolute atomic E-state index is 12.4. The van der Waals surface area contributed by atoms with Gasteiger partial charge in [-0.25, -0.2) is 0 Å². The van der Waals surface area contributed by atoms with Crippen molar-refractivity contribution in [3.63, 3.8) is 0 Å². The van der Waals surface area contributed by atoms with Crippen LogP contribution in [-0.4, -0.2) is 25.5 Å². The first-order chi connectivity index (χ1) is 11.6. The van der Waals surface area contributed by atoms with Crippen LogP contribution in [0.25, 0.3) is 0 Å². The van der Waals surface area contributed by atoms with E-state index in [2.05, 4.69) is 0 Å². The summed E-state index contributed by atoms with van der Waals surface area (Å²) in [6, 6.07) is 14.0. The lowest BCUT2D eigenvalue weighted by atomic mass is 10.1. The van der Waals surface area contributed by atoms with Crippen LogP contribution in [0, 0.1) is 5.92 Å². The second kappa shape index (κ2) is 6.93. The summed E-state index contributed by atoms with van der Waals surface area (Å²) < 4.78 is 10.6. The number of nitrogens with zero attached hydrogens (tertiary/aromatic N) is 1. The van der Waals surface area contributed by atoms with Gasteiger partial charge < -0.3 is 14.4 Å². The molecule has 2 aromatic carbocycles. The van der Waals surface area contributed by atoms with Crippen molar-refractivity contribution in [1.82, 2.24) is 0 Å². The van der Waals surface area contributed by atoms with E-state index in [0.29, 0.717) is 22.2 Å². The molecule has 124 valence electrons. The van der Waals surface area contributed by atoms with Gasteiger partial charge in [0, 0.05) is 13.0 Å². The van der Waals surface area contributed by atoms with Crippen molar-refractivity contribution in [3.05, 3.63) is 53.6 Å². The average Bonchev–Trinajstić information content (AvgIpc) is 2.98. The molecule has 1 fully saturated rings. The van der Waals surface area contributed by atoms with Gasteiger partial charge in [0.2, 0.25) is 5.91 Å². The highest BCUT2D eigenvalue weighted by atomic mass is 35.5. The molecule has 0 N–H and O–H groups in total. The van der Waals surface area contributed by atoms with Gasteiger partial charge in [-0.2, -0.15) is 0 Å². The summed E-state index contributed by atoms with van der Waals surface area (Å²) in [6.45, 7) is 0.252. The molecule has 1 aliphatic heterocycles. The smallest absolute Gasteiger partial charge is 0.316 e. The van der Waals surface area contributed by atoms with Gasteiger partial charge in [-0.3, -0.25) is 9.59 Å². The molecule has 1 heterocycles. The van der Waals surface area contributed by atoms with Gasteiger partial charge in [0.25, 0.3) is 0 Å². The zero-order chi connectivity index (χ0) is 17.1. The van der Waals surface area contributed by atoms with Crippen molar-refractivity contribution in [2.45, 2.75) is 6.42 Å². The minimum Gasteiger partial charge on any atom is -0.495 e. The highest BCUT2D eigenvalue weighted by Gasteiger charge is 2.37. The molecule has 5 nitrogen and oxygen atoms in total. The number of hydrogen-bond acceptors (Lipinski definition) is 4. The number of benzene rings is 2. The Morgan fingerprint density at radius 1 is 1.12 bits per heavy atom. The van der Waals surface area contributed by atoms with Crippen molar-refractivity contribution < 1.29 is 19.1 Å². The maximum atomic E-state index is 12.4. The second-order valence-electron chi connectivity index (χ2n) is 5.43. The number of carbonyl (C=O) groups excluding carboxylic acids is 2. The van der Waals surface area contributed by atoms with Crippen LogP contribution < -0.4 is 14.4 Å². The third kappa shape index (κ3) is 3.21. The Bertz CT molecular complexity index is 777. The van der Waals surface area contributed by atoms with Gasteiger partial charge in [-0.1, -0.05) is 35.9 Å². The van der Waals surface area contributed by atoms with E-state index in [4.69, 9.17) is 21.1 Å². The van der Waals surface area contributed by atoms with Crippen molar-refractivity contribution in [3.8, 4) is 11.5 Å². The second-order valence-corrected chi connectivity index (χ2v) is 5.84. The Kier molecular flexibility index (Phi) is 4.71. The Morgan fingerprint density at radius 2 is 1.79 bits per heavy atom. The van der Waals surface area contributed by atoms with Crippen LogP contribution in [0.2, 0.25) is 5.02 Å². The number of hydrogen-bond donors (Lipinski definition) is 0. The molecule has 3 rings (SSSR count). The number of methoxy groups -OCH3 is 1. The number of carbonyl (C=O) groups is 2. The van der Waals surface area contributed by atoms with E-state index in [0.717, 1.165) is 0 Å². The monoisotopic (exact) mass is 345 g/mol. The lowest BCUT2D eigenvalue weighted by Gasteiger charge is -2.19. The first-order valence-corrected chi connectivity index (χ1v) is 7.87. The third-order valence-corrected chi connectivity index (χ3v) is 4.19. The molecule has 24 heavy (non-hydrogen) atoms. The Morgan fingerprint density at radius 3 is 2.50 bits per heavy atom. The average molecular weight is 346 g/mol. The molecule has 2 aromatic rings. The van der Waals surface area contributed by atoms with E-state index < -0.39 is 11.9 Å². The summed E-state index contributed by atoms with van der Waals surface area (Å²) >= 11 is 6.00. The fraction of sp³-hybridized carbons (Fsp3) is 0.222. The van der Waals surface area contributed by atoms with Crippen molar-refractivity contribution in [2.75, 3.05) is 18.6 Å². The molecule has 1 amide bonds. The van der Waals surface area contributed by atoms with Gasteiger partial charge >= 0.3 is 5.97 Å². The Balaban J connectivity index is 1.75. The van der Waals surface area contributed by atoms with Crippen LogP contribution in [0.5, 0.6) is 11.5 Å². The first-order valence-electron chi connectivity index (χ1n) is 7.49. The summed E-state index contributed by atoms with van der Waals surface area (Å²) in [5.74, 6) is -0.258. The zero-order valence-corrected chi connectivity index (χ0v) is 13.8. The molecule has 1 atom stereocenters. The molecule has 0 saturated carbocycles. The molecule has 6 heteroatoms. The molecule has 0 aliphatic carbocycles. The highest BCUT2D eigenvalue weighted by Crippen LogP contribution is 2.33. The predicted octanol–water partition coefficient (Wildman–Crippen LogP) is 3.31. The number of amides is 1. The normalized spacial score (nSPS) is 17.0. The predicted molar refractivity (Wildman–Crippen MR) is 90.5 cm³/mol. The molecule has 1 aliphatic rings. The van der Waals surface area contributed by atoms with Crippen LogP contribution in [-0.2, 0) is 9.59 Å². The summed E-state index contributed by atoms with van der Waals surface area (Å²) in [5.41, 5.74) is 0.651. The number of esters is 1. The van der Waals surface area contributed by atoms with Crippen LogP contribution in [0.15, 0.2) is 48.5 Å². The molecule has 0 radical (unpaired) electrons. The Labute approximate surface area is 144 Å². The van der Waals surface area contributed by atoms with Crippen molar-refractivity contribution in [1.29, 1.82) is 0 Å².